The van der Waals surface area contributed by atoms with Crippen molar-refractivity contribution in [3.05, 3.63) is 88.7 Å². The van der Waals surface area contributed by atoms with Gasteiger partial charge >= 0.3 is 0 Å². The van der Waals surface area contributed by atoms with Gasteiger partial charge in [0.1, 0.15) is 0 Å². The molecule has 0 radical (unpaired) electrons. The molecular weight excluding hydrogens is 442 g/mol. The van der Waals surface area contributed by atoms with E-state index >= 15 is 0 Å². The summed E-state index contributed by atoms with van der Waals surface area (Å²) >= 11 is 1.37. The number of amides is 1. The van der Waals surface area contributed by atoms with Gasteiger partial charge in [-0.25, -0.2) is 8.42 Å². The largest absolute Gasteiger partial charge is 0.305 e. The summed E-state index contributed by atoms with van der Waals surface area (Å²) in [5, 5.41) is 0. The first-order valence-corrected chi connectivity index (χ1v) is 12.0. The third-order valence-electron chi connectivity index (χ3n) is 4.73. The summed E-state index contributed by atoms with van der Waals surface area (Å²) in [6.07, 6.45) is 5.50. The minimum absolute atomic E-state index is 0.144. The minimum Gasteiger partial charge on any atom is -0.305 e. The summed E-state index contributed by atoms with van der Waals surface area (Å²) in [5.74, 6) is 2.10. The lowest BCUT2D eigenvalue weighted by Crippen LogP contribution is -2.17. The third kappa shape index (κ3) is 4.49. The van der Waals surface area contributed by atoms with E-state index < -0.39 is 15.9 Å². The van der Waals surface area contributed by atoms with E-state index in [2.05, 4.69) is 15.6 Å². The second-order valence-corrected chi connectivity index (χ2v) is 9.75. The van der Waals surface area contributed by atoms with Crippen molar-refractivity contribution >= 4 is 43.2 Å². The molecule has 0 spiro atoms. The molecule has 0 bridgehead atoms. The average molecular weight is 462 g/mol. The number of terminal acetylenes is 1. The van der Waals surface area contributed by atoms with Gasteiger partial charge in [-0.3, -0.25) is 9.52 Å². The number of nitrogens with one attached hydrogen (secondary N) is 1. The molecule has 0 saturated heterocycles. The second-order valence-electron chi connectivity index (χ2n) is 7.06. The lowest BCUT2D eigenvalue weighted by Gasteiger charge is -2.09. The van der Waals surface area contributed by atoms with Gasteiger partial charge in [0.05, 0.1) is 21.7 Å². The van der Waals surface area contributed by atoms with E-state index in [9.17, 15) is 13.2 Å². The van der Waals surface area contributed by atoms with Gasteiger partial charge in [0, 0.05) is 11.3 Å². The number of para-hydroxylation sites is 1. The highest BCUT2D eigenvalue weighted by Crippen LogP contribution is 2.19. The van der Waals surface area contributed by atoms with Crippen LogP contribution in [-0.2, 0) is 16.6 Å². The molecule has 3 aromatic carbocycles. The summed E-state index contributed by atoms with van der Waals surface area (Å²) < 4.78 is 30.6. The quantitative estimate of drug-likeness (QED) is 0.453. The van der Waals surface area contributed by atoms with E-state index in [0.29, 0.717) is 4.80 Å². The molecule has 0 unspecified atom stereocenters. The summed E-state index contributed by atoms with van der Waals surface area (Å²) in [6.45, 7) is 2.17. The number of anilines is 1. The number of carbonyl (C=O) groups is 1. The molecule has 160 valence electrons. The van der Waals surface area contributed by atoms with Gasteiger partial charge in [0.15, 0.2) is 4.80 Å². The molecule has 4 aromatic rings. The number of rotatable bonds is 5. The highest BCUT2D eigenvalue weighted by molar-refractivity contribution is 7.92. The molecule has 0 fully saturated rings. The van der Waals surface area contributed by atoms with Gasteiger partial charge in [-0.1, -0.05) is 53.2 Å². The molecular formula is C24H19N3O3S2. The summed E-state index contributed by atoms with van der Waals surface area (Å²) in [5.41, 5.74) is 2.40. The van der Waals surface area contributed by atoms with Crippen LogP contribution in [-0.4, -0.2) is 18.9 Å². The van der Waals surface area contributed by atoms with Crippen LogP contribution in [0, 0.1) is 19.3 Å². The monoisotopic (exact) mass is 461 g/mol. The molecule has 32 heavy (non-hydrogen) atoms. The summed E-state index contributed by atoms with van der Waals surface area (Å²) in [7, 11) is -3.78. The molecule has 0 aliphatic heterocycles. The SMILES string of the molecule is C#CCn1c(=NC(=O)c2cccc(NS(=O)(=O)c3ccc(C)cc3)c2)sc2ccccc21. The highest BCUT2D eigenvalue weighted by atomic mass is 32.2. The number of carbonyl (C=O) groups excluding carboxylic acids is 1. The number of fused-ring (bicyclic) bond motifs is 1. The first-order chi connectivity index (χ1) is 15.4. The normalized spacial score (nSPS) is 11.9. The number of hydrogen-bond donors (Lipinski definition) is 1. The van der Waals surface area contributed by atoms with Crippen LogP contribution >= 0.6 is 11.3 Å². The first kappa shape index (κ1) is 21.6. The molecule has 1 heterocycles. The molecule has 4 rings (SSSR count). The molecule has 0 aliphatic carbocycles. The van der Waals surface area contributed by atoms with Crippen LogP contribution in [0.25, 0.3) is 10.2 Å². The molecule has 8 heteroatoms. The molecule has 1 N–H and O–H groups in total. The Morgan fingerprint density at radius 1 is 1.09 bits per heavy atom. The van der Waals surface area contributed by atoms with Crippen molar-refractivity contribution in [2.75, 3.05) is 4.72 Å². The van der Waals surface area contributed by atoms with Crippen molar-refractivity contribution in [2.24, 2.45) is 4.99 Å². The predicted molar refractivity (Wildman–Crippen MR) is 127 cm³/mol. The maximum absolute atomic E-state index is 12.9. The second kappa shape index (κ2) is 8.83. The van der Waals surface area contributed by atoms with Crippen LogP contribution in [0.4, 0.5) is 5.69 Å². The van der Waals surface area contributed by atoms with Crippen molar-refractivity contribution < 1.29 is 13.2 Å². The molecule has 0 aliphatic rings. The fraction of sp³-hybridized carbons (Fsp3) is 0.0833. The Labute approximate surface area is 189 Å². The first-order valence-electron chi connectivity index (χ1n) is 9.68. The Bertz CT molecular complexity index is 1520. The van der Waals surface area contributed by atoms with E-state index in [1.807, 2.05) is 35.8 Å². The standard InChI is InChI=1S/C24H19N3O3S2/c1-3-15-27-21-9-4-5-10-22(21)31-24(27)25-23(28)18-7-6-8-19(16-18)26-32(29,30)20-13-11-17(2)12-14-20/h1,4-14,16,26H,15H2,2H3. The zero-order chi connectivity index (χ0) is 22.7. The Kier molecular flexibility index (Phi) is 5.95. The highest BCUT2D eigenvalue weighted by Gasteiger charge is 2.15. The number of benzene rings is 3. The lowest BCUT2D eigenvalue weighted by molar-refractivity contribution is 0.0998. The van der Waals surface area contributed by atoms with Gasteiger partial charge in [0.2, 0.25) is 0 Å². The Balaban J connectivity index is 1.66. The molecule has 1 aromatic heterocycles. The minimum atomic E-state index is -3.78. The number of thiazole rings is 1. The van der Waals surface area contributed by atoms with E-state index in [4.69, 9.17) is 6.42 Å². The van der Waals surface area contributed by atoms with Crippen LogP contribution in [0.3, 0.4) is 0 Å². The number of aromatic nitrogens is 1. The van der Waals surface area contributed by atoms with Gasteiger partial charge in [-0.2, -0.15) is 4.99 Å². The van der Waals surface area contributed by atoms with Gasteiger partial charge in [-0.15, -0.1) is 6.42 Å². The van der Waals surface area contributed by atoms with E-state index in [1.165, 1.54) is 29.5 Å². The number of nitrogens with zero attached hydrogens (tertiary/aromatic N) is 2. The zero-order valence-electron chi connectivity index (χ0n) is 17.1. The average Bonchev–Trinajstić information content (AvgIpc) is 3.11. The predicted octanol–water partition coefficient (Wildman–Crippen LogP) is 4.19. The summed E-state index contributed by atoms with van der Waals surface area (Å²) in [6, 6.07) is 20.5. The molecule has 0 atom stereocenters. The topological polar surface area (TPSA) is 80.5 Å². The Hall–Kier alpha value is -3.67. The van der Waals surface area contributed by atoms with Gasteiger partial charge in [0.25, 0.3) is 15.9 Å². The van der Waals surface area contributed by atoms with E-state index in [0.717, 1.165) is 15.8 Å². The summed E-state index contributed by atoms with van der Waals surface area (Å²) in [4.78, 5) is 17.8. The van der Waals surface area contributed by atoms with Crippen molar-refractivity contribution in [3.8, 4) is 12.3 Å². The molecule has 6 nitrogen and oxygen atoms in total. The number of aryl methyl sites for hydroxylation is 1. The molecule has 0 saturated carbocycles. The van der Waals surface area contributed by atoms with Crippen LogP contribution < -0.4 is 9.52 Å². The third-order valence-corrected chi connectivity index (χ3v) is 7.18. The Morgan fingerprint density at radius 2 is 1.84 bits per heavy atom. The van der Waals surface area contributed by atoms with E-state index in [-0.39, 0.29) is 22.7 Å². The maximum atomic E-state index is 12.9. The number of sulfonamides is 1. The molecule has 1 amide bonds. The number of hydrogen-bond acceptors (Lipinski definition) is 4. The van der Waals surface area contributed by atoms with Gasteiger partial charge in [-0.05, 0) is 49.4 Å². The van der Waals surface area contributed by atoms with Crippen molar-refractivity contribution in [1.29, 1.82) is 0 Å². The van der Waals surface area contributed by atoms with Gasteiger partial charge < -0.3 is 4.57 Å². The van der Waals surface area contributed by atoms with Crippen LogP contribution in [0.5, 0.6) is 0 Å². The smallest absolute Gasteiger partial charge is 0.279 e. The fourth-order valence-corrected chi connectivity index (χ4v) is 5.23. The lowest BCUT2D eigenvalue weighted by atomic mass is 10.2. The maximum Gasteiger partial charge on any atom is 0.279 e. The van der Waals surface area contributed by atoms with Crippen LogP contribution in [0.15, 0.2) is 82.7 Å². The van der Waals surface area contributed by atoms with Crippen molar-refractivity contribution in [2.45, 2.75) is 18.4 Å². The van der Waals surface area contributed by atoms with E-state index in [1.54, 1.807) is 30.3 Å². The van der Waals surface area contributed by atoms with Crippen LogP contribution in [0.1, 0.15) is 15.9 Å². The van der Waals surface area contributed by atoms with Crippen molar-refractivity contribution in [3.63, 3.8) is 0 Å². The van der Waals surface area contributed by atoms with Crippen molar-refractivity contribution in [1.82, 2.24) is 4.57 Å². The van der Waals surface area contributed by atoms with Crippen LogP contribution in [0.2, 0.25) is 0 Å². The fourth-order valence-electron chi connectivity index (χ4n) is 3.15. The Morgan fingerprint density at radius 3 is 2.59 bits per heavy atom. The zero-order valence-corrected chi connectivity index (χ0v) is 18.8.